The highest BCUT2D eigenvalue weighted by Gasteiger charge is 2.16. The van der Waals surface area contributed by atoms with Gasteiger partial charge in [0.2, 0.25) is 0 Å². The molecule has 0 spiro atoms. The van der Waals surface area contributed by atoms with Gasteiger partial charge in [-0.3, -0.25) is 0 Å². The highest BCUT2D eigenvalue weighted by atomic mass is 16.5. The molecule has 0 aromatic heterocycles. The summed E-state index contributed by atoms with van der Waals surface area (Å²) in [6, 6.07) is 6.49. The SMILES string of the molecule is CCOc1cccc(CNC(CN(C)C)C(C)C)c1OC. The molecule has 0 heterocycles. The number of nitrogens with zero attached hydrogens (tertiary/aromatic N) is 1. The quantitative estimate of drug-likeness (QED) is 0.759. The van der Waals surface area contributed by atoms with Crippen LogP contribution in [0.3, 0.4) is 0 Å². The smallest absolute Gasteiger partial charge is 0.165 e. The molecule has 0 fully saturated rings. The summed E-state index contributed by atoms with van der Waals surface area (Å²) in [7, 11) is 5.90. The van der Waals surface area contributed by atoms with Crippen molar-refractivity contribution in [2.24, 2.45) is 5.92 Å². The zero-order chi connectivity index (χ0) is 15.8. The third-order valence-corrected chi connectivity index (χ3v) is 3.49. The topological polar surface area (TPSA) is 33.7 Å². The summed E-state index contributed by atoms with van der Waals surface area (Å²) < 4.78 is 11.2. The molecule has 4 nitrogen and oxygen atoms in total. The Hall–Kier alpha value is -1.26. The van der Waals surface area contributed by atoms with Gasteiger partial charge >= 0.3 is 0 Å². The number of rotatable bonds is 9. The monoisotopic (exact) mass is 294 g/mol. The number of nitrogens with one attached hydrogen (secondary N) is 1. The van der Waals surface area contributed by atoms with Gasteiger partial charge in [-0.15, -0.1) is 0 Å². The standard InChI is InChI=1S/C17H30N2O2/c1-7-21-16-10-8-9-14(17(16)20-6)11-18-15(13(2)3)12-19(4)5/h8-10,13,15,18H,7,11-12H2,1-6H3. The molecule has 1 atom stereocenters. The molecule has 1 aromatic carbocycles. The first-order valence-corrected chi connectivity index (χ1v) is 7.66. The summed E-state index contributed by atoms with van der Waals surface area (Å²) in [5, 5.41) is 3.63. The van der Waals surface area contributed by atoms with Crippen molar-refractivity contribution in [1.29, 1.82) is 0 Å². The molecule has 1 rings (SSSR count). The largest absolute Gasteiger partial charge is 0.493 e. The highest BCUT2D eigenvalue weighted by Crippen LogP contribution is 2.31. The normalized spacial score (nSPS) is 12.8. The molecule has 1 N–H and O–H groups in total. The first-order chi connectivity index (χ1) is 9.99. The number of methoxy groups -OCH3 is 1. The molecule has 21 heavy (non-hydrogen) atoms. The van der Waals surface area contributed by atoms with Gasteiger partial charge in [0.25, 0.3) is 0 Å². The van der Waals surface area contributed by atoms with Crippen LogP contribution < -0.4 is 14.8 Å². The lowest BCUT2D eigenvalue weighted by atomic mass is 10.0. The van der Waals surface area contributed by atoms with Crippen LogP contribution in [0, 0.1) is 5.92 Å². The van der Waals surface area contributed by atoms with Crippen molar-refractivity contribution in [1.82, 2.24) is 10.2 Å². The lowest BCUT2D eigenvalue weighted by Crippen LogP contribution is -2.41. The van der Waals surface area contributed by atoms with Crippen LogP contribution in [0.4, 0.5) is 0 Å². The predicted octanol–water partition coefficient (Wildman–Crippen LogP) is 2.77. The van der Waals surface area contributed by atoms with Gasteiger partial charge in [-0.05, 0) is 33.0 Å². The lowest BCUT2D eigenvalue weighted by Gasteiger charge is -2.26. The Bertz CT molecular complexity index is 419. The Morgan fingerprint density at radius 3 is 2.48 bits per heavy atom. The summed E-state index contributed by atoms with van der Waals surface area (Å²) in [4.78, 5) is 2.21. The van der Waals surface area contributed by atoms with Crippen molar-refractivity contribution in [3.63, 3.8) is 0 Å². The summed E-state index contributed by atoms with van der Waals surface area (Å²) in [5.41, 5.74) is 1.13. The first kappa shape index (κ1) is 17.8. The van der Waals surface area contributed by atoms with E-state index in [4.69, 9.17) is 9.47 Å². The van der Waals surface area contributed by atoms with Crippen molar-refractivity contribution in [2.75, 3.05) is 34.4 Å². The van der Waals surface area contributed by atoms with Crippen LogP contribution >= 0.6 is 0 Å². The molecule has 0 aliphatic heterocycles. The third kappa shape index (κ3) is 5.56. The van der Waals surface area contributed by atoms with E-state index in [1.165, 1.54) is 0 Å². The maximum absolute atomic E-state index is 5.63. The molecule has 0 amide bonds. The maximum Gasteiger partial charge on any atom is 0.165 e. The van der Waals surface area contributed by atoms with Crippen molar-refractivity contribution in [3.8, 4) is 11.5 Å². The number of para-hydroxylation sites is 1. The zero-order valence-corrected chi connectivity index (χ0v) is 14.3. The van der Waals surface area contributed by atoms with Gasteiger partial charge in [0.1, 0.15) is 0 Å². The molecule has 0 saturated carbocycles. The van der Waals surface area contributed by atoms with Crippen LogP contribution in [-0.4, -0.2) is 45.3 Å². The fourth-order valence-electron chi connectivity index (χ4n) is 2.35. The molecular weight excluding hydrogens is 264 g/mol. The van der Waals surface area contributed by atoms with E-state index in [-0.39, 0.29) is 0 Å². The molecule has 0 bridgehead atoms. The van der Waals surface area contributed by atoms with Gasteiger partial charge in [-0.25, -0.2) is 0 Å². The molecule has 120 valence electrons. The van der Waals surface area contributed by atoms with E-state index in [0.717, 1.165) is 30.2 Å². The van der Waals surface area contributed by atoms with Gasteiger partial charge in [0, 0.05) is 24.7 Å². The molecule has 1 unspecified atom stereocenters. The minimum Gasteiger partial charge on any atom is -0.493 e. The second-order valence-corrected chi connectivity index (χ2v) is 5.88. The fraction of sp³-hybridized carbons (Fsp3) is 0.647. The van der Waals surface area contributed by atoms with Crippen molar-refractivity contribution in [3.05, 3.63) is 23.8 Å². The van der Waals surface area contributed by atoms with Gasteiger partial charge < -0.3 is 19.7 Å². The van der Waals surface area contributed by atoms with Gasteiger partial charge in [-0.2, -0.15) is 0 Å². The van der Waals surface area contributed by atoms with Gasteiger partial charge in [0.05, 0.1) is 13.7 Å². The van der Waals surface area contributed by atoms with Crippen LogP contribution in [0.25, 0.3) is 0 Å². The van der Waals surface area contributed by atoms with Crippen molar-refractivity contribution < 1.29 is 9.47 Å². The number of likely N-dealkylation sites (N-methyl/N-ethyl adjacent to an activating group) is 1. The molecular formula is C17H30N2O2. The van der Waals surface area contributed by atoms with E-state index in [2.05, 4.69) is 44.2 Å². The minimum atomic E-state index is 0.445. The van der Waals surface area contributed by atoms with Crippen LogP contribution in [-0.2, 0) is 6.54 Å². The number of hydrogen-bond acceptors (Lipinski definition) is 4. The Morgan fingerprint density at radius 1 is 1.24 bits per heavy atom. The predicted molar refractivity (Wildman–Crippen MR) is 88.2 cm³/mol. The second-order valence-electron chi connectivity index (χ2n) is 5.88. The zero-order valence-electron chi connectivity index (χ0n) is 14.3. The molecule has 0 radical (unpaired) electrons. The summed E-state index contributed by atoms with van der Waals surface area (Å²) in [6.45, 7) is 8.91. The summed E-state index contributed by atoms with van der Waals surface area (Å²) in [6.07, 6.45) is 0. The fourth-order valence-corrected chi connectivity index (χ4v) is 2.35. The minimum absolute atomic E-state index is 0.445. The maximum atomic E-state index is 5.63. The third-order valence-electron chi connectivity index (χ3n) is 3.49. The molecule has 1 aromatic rings. The molecule has 0 aliphatic carbocycles. The van der Waals surface area contributed by atoms with E-state index >= 15 is 0 Å². The average molecular weight is 294 g/mol. The van der Waals surface area contributed by atoms with E-state index < -0.39 is 0 Å². The van der Waals surface area contributed by atoms with Crippen molar-refractivity contribution >= 4 is 0 Å². The Balaban J connectivity index is 2.79. The lowest BCUT2D eigenvalue weighted by molar-refractivity contribution is 0.284. The number of benzene rings is 1. The summed E-state index contributed by atoms with van der Waals surface area (Å²) >= 11 is 0. The van der Waals surface area contributed by atoms with Crippen LogP contribution in [0.2, 0.25) is 0 Å². The van der Waals surface area contributed by atoms with Crippen LogP contribution in [0.5, 0.6) is 11.5 Å². The molecule has 0 aliphatic rings. The highest BCUT2D eigenvalue weighted by molar-refractivity contribution is 5.46. The van der Waals surface area contributed by atoms with E-state index in [9.17, 15) is 0 Å². The van der Waals surface area contributed by atoms with Crippen molar-refractivity contribution in [2.45, 2.75) is 33.4 Å². The number of hydrogen-bond donors (Lipinski definition) is 1. The van der Waals surface area contributed by atoms with Gasteiger partial charge in [-0.1, -0.05) is 26.0 Å². The Labute approximate surface area is 129 Å². The van der Waals surface area contributed by atoms with Gasteiger partial charge in [0.15, 0.2) is 11.5 Å². The molecule has 4 heteroatoms. The average Bonchev–Trinajstić information content (AvgIpc) is 2.43. The Kier molecular flexibility index (Phi) is 7.54. The Morgan fingerprint density at radius 2 is 1.95 bits per heavy atom. The second kappa shape index (κ2) is 8.90. The van der Waals surface area contributed by atoms with Crippen LogP contribution in [0.15, 0.2) is 18.2 Å². The number of ether oxygens (including phenoxy) is 2. The van der Waals surface area contributed by atoms with E-state index in [1.54, 1.807) is 7.11 Å². The van der Waals surface area contributed by atoms with Crippen LogP contribution in [0.1, 0.15) is 26.3 Å². The van der Waals surface area contributed by atoms with E-state index in [1.807, 2.05) is 19.1 Å². The first-order valence-electron chi connectivity index (χ1n) is 7.66. The summed E-state index contributed by atoms with van der Waals surface area (Å²) in [5.74, 6) is 2.22. The molecule has 0 saturated heterocycles. The van der Waals surface area contributed by atoms with E-state index in [0.29, 0.717) is 18.6 Å².